The smallest absolute Gasteiger partial charge is 0.306 e. The molecule has 1 aromatic rings. The maximum Gasteiger partial charge on any atom is 0.306 e. The number of carbonyl (C=O) groups is 1. The van der Waals surface area contributed by atoms with Gasteiger partial charge in [-0.1, -0.05) is 18.6 Å². The molecule has 0 aromatic heterocycles. The summed E-state index contributed by atoms with van der Waals surface area (Å²) in [6.07, 6.45) is 3.07. The molecular formula is C15H17FN2O2. The third-order valence-electron chi connectivity index (χ3n) is 3.80. The first-order valence-electron chi connectivity index (χ1n) is 6.75. The van der Waals surface area contributed by atoms with Gasteiger partial charge in [0.1, 0.15) is 11.9 Å². The van der Waals surface area contributed by atoms with Gasteiger partial charge >= 0.3 is 5.97 Å². The first-order chi connectivity index (χ1) is 9.61. The van der Waals surface area contributed by atoms with Gasteiger partial charge in [-0.3, -0.25) is 4.79 Å². The zero-order chi connectivity index (χ0) is 14.5. The van der Waals surface area contributed by atoms with Crippen molar-refractivity contribution < 1.29 is 14.3 Å². The molecule has 0 aliphatic heterocycles. The van der Waals surface area contributed by atoms with Crippen molar-refractivity contribution in [3.05, 3.63) is 35.1 Å². The monoisotopic (exact) mass is 276 g/mol. The van der Waals surface area contributed by atoms with Crippen LogP contribution in [0.2, 0.25) is 0 Å². The highest BCUT2D eigenvalue weighted by Crippen LogP contribution is 2.25. The highest BCUT2D eigenvalue weighted by Gasteiger charge is 2.26. The lowest BCUT2D eigenvalue weighted by Gasteiger charge is -2.27. The van der Waals surface area contributed by atoms with Gasteiger partial charge in [-0.25, -0.2) is 4.39 Å². The number of benzene rings is 1. The zero-order valence-corrected chi connectivity index (χ0v) is 11.1. The van der Waals surface area contributed by atoms with E-state index >= 15 is 0 Å². The Morgan fingerprint density at radius 1 is 1.50 bits per heavy atom. The molecule has 2 N–H and O–H groups in total. The SMILES string of the molecule is N#Cc1cccc(CNC2CCCC(C(=O)O)C2)c1F. The van der Waals surface area contributed by atoms with E-state index in [-0.39, 0.29) is 17.5 Å². The summed E-state index contributed by atoms with van der Waals surface area (Å²) < 4.78 is 13.9. The van der Waals surface area contributed by atoms with E-state index in [1.165, 1.54) is 6.07 Å². The van der Waals surface area contributed by atoms with Gasteiger partial charge in [0.2, 0.25) is 0 Å². The Kier molecular flexibility index (Phi) is 4.70. The van der Waals surface area contributed by atoms with Gasteiger partial charge in [-0.2, -0.15) is 5.26 Å². The second-order valence-electron chi connectivity index (χ2n) is 5.17. The lowest BCUT2D eigenvalue weighted by Crippen LogP contribution is -2.36. The molecule has 1 aliphatic rings. The number of aliphatic carboxylic acids is 1. The summed E-state index contributed by atoms with van der Waals surface area (Å²) in [7, 11) is 0. The minimum Gasteiger partial charge on any atom is -0.481 e. The van der Waals surface area contributed by atoms with Gasteiger partial charge in [0.15, 0.2) is 0 Å². The lowest BCUT2D eigenvalue weighted by atomic mass is 9.85. The van der Waals surface area contributed by atoms with Crippen molar-refractivity contribution in [1.82, 2.24) is 5.32 Å². The van der Waals surface area contributed by atoms with Crippen LogP contribution in [0.3, 0.4) is 0 Å². The lowest BCUT2D eigenvalue weighted by molar-refractivity contribution is -0.143. The molecule has 2 unspecified atom stereocenters. The minimum atomic E-state index is -0.755. The van der Waals surface area contributed by atoms with Crippen LogP contribution in [0.15, 0.2) is 18.2 Å². The number of carboxylic acid groups (broad SMARTS) is 1. The van der Waals surface area contributed by atoms with Crippen LogP contribution in [-0.2, 0) is 11.3 Å². The summed E-state index contributed by atoms with van der Waals surface area (Å²) >= 11 is 0. The van der Waals surface area contributed by atoms with E-state index in [2.05, 4.69) is 5.32 Å². The average molecular weight is 276 g/mol. The highest BCUT2D eigenvalue weighted by atomic mass is 19.1. The number of carboxylic acids is 1. The maximum atomic E-state index is 13.9. The van der Waals surface area contributed by atoms with Crippen LogP contribution in [0.4, 0.5) is 4.39 Å². The van der Waals surface area contributed by atoms with E-state index in [0.29, 0.717) is 24.9 Å². The molecule has 0 bridgehead atoms. The minimum absolute atomic E-state index is 0.0383. The summed E-state index contributed by atoms with van der Waals surface area (Å²) in [5.41, 5.74) is 0.484. The second kappa shape index (κ2) is 6.49. The number of hydrogen-bond donors (Lipinski definition) is 2. The van der Waals surface area contributed by atoms with Crippen molar-refractivity contribution in [2.24, 2.45) is 5.92 Å². The molecule has 2 atom stereocenters. The Bertz CT molecular complexity index is 539. The summed E-state index contributed by atoms with van der Waals surface area (Å²) in [6, 6.07) is 6.64. The molecule has 1 aromatic carbocycles. The Morgan fingerprint density at radius 2 is 2.30 bits per heavy atom. The fourth-order valence-electron chi connectivity index (χ4n) is 2.66. The molecule has 0 saturated heterocycles. The van der Waals surface area contributed by atoms with Gasteiger partial charge < -0.3 is 10.4 Å². The Labute approximate surface area is 117 Å². The van der Waals surface area contributed by atoms with Gasteiger partial charge in [0, 0.05) is 18.2 Å². The first-order valence-corrected chi connectivity index (χ1v) is 6.75. The quantitative estimate of drug-likeness (QED) is 0.885. The fourth-order valence-corrected chi connectivity index (χ4v) is 2.66. The van der Waals surface area contributed by atoms with E-state index in [0.717, 1.165) is 12.8 Å². The third-order valence-corrected chi connectivity index (χ3v) is 3.80. The van der Waals surface area contributed by atoms with Crippen LogP contribution in [0.25, 0.3) is 0 Å². The molecule has 0 heterocycles. The Morgan fingerprint density at radius 3 is 3.00 bits per heavy atom. The molecule has 0 spiro atoms. The predicted molar refractivity (Wildman–Crippen MR) is 71.3 cm³/mol. The Hall–Kier alpha value is -1.93. The van der Waals surface area contributed by atoms with Gasteiger partial charge in [-0.05, 0) is 25.3 Å². The second-order valence-corrected chi connectivity index (χ2v) is 5.17. The van der Waals surface area contributed by atoms with Crippen molar-refractivity contribution in [3.63, 3.8) is 0 Å². The number of nitrogens with one attached hydrogen (secondary N) is 1. The molecule has 0 radical (unpaired) electrons. The van der Waals surface area contributed by atoms with Crippen LogP contribution in [-0.4, -0.2) is 17.1 Å². The predicted octanol–water partition coefficient (Wildman–Crippen LogP) is 2.43. The molecule has 0 amide bonds. The molecule has 106 valence electrons. The molecular weight excluding hydrogens is 259 g/mol. The molecule has 5 heteroatoms. The van der Waals surface area contributed by atoms with Crippen LogP contribution in [0, 0.1) is 23.1 Å². The summed E-state index contributed by atoms with van der Waals surface area (Å²) in [6.45, 7) is 0.318. The summed E-state index contributed by atoms with van der Waals surface area (Å²) in [5, 5.41) is 21.0. The van der Waals surface area contributed by atoms with Crippen molar-refractivity contribution in [2.75, 3.05) is 0 Å². The van der Waals surface area contributed by atoms with E-state index in [9.17, 15) is 9.18 Å². The van der Waals surface area contributed by atoms with Gasteiger partial charge in [-0.15, -0.1) is 0 Å². The molecule has 4 nitrogen and oxygen atoms in total. The van der Waals surface area contributed by atoms with Gasteiger partial charge in [0.05, 0.1) is 11.5 Å². The number of rotatable bonds is 4. The van der Waals surface area contributed by atoms with Crippen molar-refractivity contribution in [3.8, 4) is 6.07 Å². The fraction of sp³-hybridized carbons (Fsp3) is 0.467. The van der Waals surface area contributed by atoms with E-state index in [4.69, 9.17) is 10.4 Å². The summed E-state index contributed by atoms with van der Waals surface area (Å²) in [5.74, 6) is -1.56. The first kappa shape index (κ1) is 14.5. The maximum absolute atomic E-state index is 13.9. The van der Waals surface area contributed by atoms with Crippen LogP contribution < -0.4 is 5.32 Å². The van der Waals surface area contributed by atoms with Crippen LogP contribution in [0.1, 0.15) is 36.8 Å². The van der Waals surface area contributed by atoms with Gasteiger partial charge in [0.25, 0.3) is 0 Å². The zero-order valence-electron chi connectivity index (χ0n) is 11.1. The number of halogens is 1. The molecule has 1 fully saturated rings. The third kappa shape index (κ3) is 3.34. The topological polar surface area (TPSA) is 73.1 Å². The molecule has 20 heavy (non-hydrogen) atoms. The van der Waals surface area contributed by atoms with Crippen LogP contribution >= 0.6 is 0 Å². The normalized spacial score (nSPS) is 22.2. The molecule has 1 aliphatic carbocycles. The van der Waals surface area contributed by atoms with E-state index in [1.807, 2.05) is 6.07 Å². The highest BCUT2D eigenvalue weighted by molar-refractivity contribution is 5.70. The van der Waals surface area contributed by atoms with Crippen LogP contribution in [0.5, 0.6) is 0 Å². The molecule has 2 rings (SSSR count). The number of nitriles is 1. The van der Waals surface area contributed by atoms with E-state index in [1.54, 1.807) is 12.1 Å². The van der Waals surface area contributed by atoms with Crippen molar-refractivity contribution in [1.29, 1.82) is 5.26 Å². The van der Waals surface area contributed by atoms with E-state index < -0.39 is 11.8 Å². The molecule has 1 saturated carbocycles. The Balaban J connectivity index is 1.96. The van der Waals surface area contributed by atoms with Crippen molar-refractivity contribution >= 4 is 5.97 Å². The summed E-state index contributed by atoms with van der Waals surface area (Å²) in [4.78, 5) is 11.0. The van der Waals surface area contributed by atoms with Crippen molar-refractivity contribution in [2.45, 2.75) is 38.3 Å². The standard InChI is InChI=1S/C15H17FN2O2/c16-14-11(8-17)4-1-5-12(14)9-18-13-6-2-3-10(7-13)15(19)20/h1,4-5,10,13,18H,2-3,6-7,9H2,(H,19,20). The largest absolute Gasteiger partial charge is 0.481 e. The number of hydrogen-bond acceptors (Lipinski definition) is 3. The number of nitrogens with zero attached hydrogens (tertiary/aromatic N) is 1. The average Bonchev–Trinajstić information content (AvgIpc) is 2.46.